The van der Waals surface area contributed by atoms with Crippen LogP contribution < -0.4 is 9.47 Å². The number of methoxy groups -OCH3 is 1. The van der Waals surface area contributed by atoms with Crippen LogP contribution in [0.1, 0.15) is 63.6 Å². The highest BCUT2D eigenvalue weighted by Crippen LogP contribution is 2.35. The van der Waals surface area contributed by atoms with Crippen LogP contribution in [0.4, 0.5) is 0 Å². The van der Waals surface area contributed by atoms with Crippen LogP contribution in [0.3, 0.4) is 0 Å². The quantitative estimate of drug-likeness (QED) is 0.415. The fourth-order valence-electron chi connectivity index (χ4n) is 5.42. The van der Waals surface area contributed by atoms with Crippen LogP contribution in [0.2, 0.25) is 0 Å². The van der Waals surface area contributed by atoms with E-state index in [9.17, 15) is 8.42 Å². The number of rotatable bonds is 7. The van der Waals surface area contributed by atoms with E-state index in [0.29, 0.717) is 35.5 Å². The second kappa shape index (κ2) is 10.7. The maximum atomic E-state index is 13.2. The Hall–Kier alpha value is -2.71. The molecule has 2 heterocycles. The van der Waals surface area contributed by atoms with Crippen LogP contribution in [0.15, 0.2) is 53.4 Å². The number of hydrogen-bond donors (Lipinski definition) is 0. The van der Waals surface area contributed by atoms with Gasteiger partial charge in [-0.3, -0.25) is 0 Å². The third-order valence-corrected chi connectivity index (χ3v) is 9.64. The van der Waals surface area contributed by atoms with E-state index < -0.39 is 10.0 Å². The summed E-state index contributed by atoms with van der Waals surface area (Å²) in [5.74, 6) is 2.53. The van der Waals surface area contributed by atoms with E-state index in [0.717, 1.165) is 42.4 Å². The summed E-state index contributed by atoms with van der Waals surface area (Å²) in [7, 11) is -1.96. The molecule has 3 aromatic rings. The lowest BCUT2D eigenvalue weighted by molar-refractivity contribution is 0.150. The van der Waals surface area contributed by atoms with Crippen molar-refractivity contribution in [2.24, 2.45) is 5.92 Å². The van der Waals surface area contributed by atoms with Gasteiger partial charge in [-0.2, -0.15) is 9.29 Å². The maximum absolute atomic E-state index is 13.2. The van der Waals surface area contributed by atoms with Crippen molar-refractivity contribution in [2.75, 3.05) is 20.2 Å². The summed E-state index contributed by atoms with van der Waals surface area (Å²) >= 11 is 0. The summed E-state index contributed by atoms with van der Waals surface area (Å²) in [4.78, 5) is 10.1. The normalized spacial score (nSPS) is 19.3. The van der Waals surface area contributed by atoms with Gasteiger partial charge < -0.3 is 9.47 Å². The minimum atomic E-state index is -3.53. The summed E-state index contributed by atoms with van der Waals surface area (Å²) in [6.45, 7) is 3.14. The number of nitrogens with zero attached hydrogens (tertiary/aromatic N) is 3. The Morgan fingerprint density at radius 3 is 2.31 bits per heavy atom. The molecule has 0 bridgehead atoms. The molecule has 0 N–H and O–H groups in total. The third kappa shape index (κ3) is 5.20. The van der Waals surface area contributed by atoms with Gasteiger partial charge in [-0.15, -0.1) is 0 Å². The first kappa shape index (κ1) is 25.0. The molecule has 1 saturated carbocycles. The predicted molar refractivity (Wildman–Crippen MR) is 140 cm³/mol. The van der Waals surface area contributed by atoms with E-state index in [1.807, 2.05) is 24.3 Å². The Labute approximate surface area is 213 Å². The van der Waals surface area contributed by atoms with Crippen molar-refractivity contribution >= 4 is 20.9 Å². The van der Waals surface area contributed by atoms with E-state index in [1.165, 1.54) is 19.3 Å². The average Bonchev–Trinajstić information content (AvgIpc) is 2.93. The summed E-state index contributed by atoms with van der Waals surface area (Å²) < 4.78 is 39.5. The standard InChI is InChI=1S/C28H35N3O4S/c1-20(21-16-18-31(19-17-21)36(32,33)24-14-12-22(34-2)13-15-24)27-29-26-11-7-6-10-25(26)28(30-27)35-23-8-4-3-5-9-23/h6-7,10-15,20-21,23H,3-5,8-9,16-19H2,1-2H3. The van der Waals surface area contributed by atoms with E-state index in [2.05, 4.69) is 6.92 Å². The topological polar surface area (TPSA) is 81.6 Å². The van der Waals surface area contributed by atoms with E-state index in [1.54, 1.807) is 35.7 Å². The Morgan fingerprint density at radius 2 is 1.61 bits per heavy atom. The van der Waals surface area contributed by atoms with Crippen LogP contribution in [0.25, 0.3) is 10.9 Å². The second-order valence-electron chi connectivity index (χ2n) is 9.99. The highest BCUT2D eigenvalue weighted by atomic mass is 32.2. The molecule has 1 saturated heterocycles. The average molecular weight is 510 g/mol. The number of fused-ring (bicyclic) bond motifs is 1. The fourth-order valence-corrected chi connectivity index (χ4v) is 6.89. The molecule has 1 atom stereocenters. The molecule has 1 unspecified atom stereocenters. The van der Waals surface area contributed by atoms with Crippen LogP contribution in [0.5, 0.6) is 11.6 Å². The molecule has 0 spiro atoms. The van der Waals surface area contributed by atoms with Crippen molar-refractivity contribution in [1.82, 2.24) is 14.3 Å². The van der Waals surface area contributed by atoms with Gasteiger partial charge in [0.25, 0.3) is 0 Å². The van der Waals surface area contributed by atoms with Gasteiger partial charge in [0, 0.05) is 19.0 Å². The van der Waals surface area contributed by atoms with Gasteiger partial charge >= 0.3 is 0 Å². The molecule has 8 heteroatoms. The number of aromatic nitrogens is 2. The molecule has 1 aliphatic heterocycles. The number of piperidine rings is 1. The van der Waals surface area contributed by atoms with Crippen molar-refractivity contribution in [2.45, 2.75) is 68.8 Å². The monoisotopic (exact) mass is 509 g/mol. The zero-order chi connectivity index (χ0) is 25.1. The van der Waals surface area contributed by atoms with Crippen LogP contribution in [-0.4, -0.2) is 49.0 Å². The summed E-state index contributed by atoms with van der Waals surface area (Å²) in [5, 5.41) is 0.958. The molecular formula is C28H35N3O4S. The van der Waals surface area contributed by atoms with E-state index in [4.69, 9.17) is 19.4 Å². The lowest BCUT2D eigenvalue weighted by Crippen LogP contribution is -2.39. The zero-order valence-electron chi connectivity index (χ0n) is 21.1. The lowest BCUT2D eigenvalue weighted by atomic mass is 9.85. The Balaban J connectivity index is 1.31. The third-order valence-electron chi connectivity index (χ3n) is 7.73. The second-order valence-corrected chi connectivity index (χ2v) is 11.9. The zero-order valence-corrected chi connectivity index (χ0v) is 21.9. The summed E-state index contributed by atoms with van der Waals surface area (Å²) in [5.41, 5.74) is 0.902. The van der Waals surface area contributed by atoms with Crippen LogP contribution >= 0.6 is 0 Å². The molecule has 1 aliphatic carbocycles. The molecule has 0 radical (unpaired) electrons. The molecule has 2 aliphatic rings. The van der Waals surface area contributed by atoms with E-state index >= 15 is 0 Å². The molecule has 2 aromatic carbocycles. The first-order valence-electron chi connectivity index (χ1n) is 13.0. The predicted octanol–water partition coefficient (Wildman–Crippen LogP) is 5.55. The number of ether oxygens (including phenoxy) is 2. The van der Waals surface area contributed by atoms with Crippen molar-refractivity contribution in [1.29, 1.82) is 0 Å². The van der Waals surface area contributed by atoms with E-state index in [-0.39, 0.29) is 12.0 Å². The minimum Gasteiger partial charge on any atom is -0.497 e. The Bertz CT molecular complexity index is 1280. The molecule has 1 aromatic heterocycles. The fraction of sp³-hybridized carbons (Fsp3) is 0.500. The lowest BCUT2D eigenvalue weighted by Gasteiger charge is -2.34. The number of hydrogen-bond acceptors (Lipinski definition) is 6. The van der Waals surface area contributed by atoms with Gasteiger partial charge in [-0.1, -0.05) is 25.5 Å². The molecule has 7 nitrogen and oxygen atoms in total. The molecule has 2 fully saturated rings. The molecule has 0 amide bonds. The Kier molecular flexibility index (Phi) is 7.44. The highest BCUT2D eigenvalue weighted by Gasteiger charge is 2.33. The maximum Gasteiger partial charge on any atom is 0.243 e. The van der Waals surface area contributed by atoms with Crippen molar-refractivity contribution in [3.8, 4) is 11.6 Å². The highest BCUT2D eigenvalue weighted by molar-refractivity contribution is 7.89. The largest absolute Gasteiger partial charge is 0.497 e. The van der Waals surface area contributed by atoms with Gasteiger partial charge in [0.2, 0.25) is 15.9 Å². The molecule has 36 heavy (non-hydrogen) atoms. The van der Waals surface area contributed by atoms with Gasteiger partial charge in [0.1, 0.15) is 17.7 Å². The first-order chi connectivity index (χ1) is 17.5. The number of sulfonamides is 1. The minimum absolute atomic E-state index is 0.106. The van der Waals surface area contributed by atoms with Gasteiger partial charge in [0.05, 0.1) is 22.9 Å². The first-order valence-corrected chi connectivity index (χ1v) is 14.5. The number of para-hydroxylation sites is 1. The summed E-state index contributed by atoms with van der Waals surface area (Å²) in [6, 6.07) is 14.6. The Morgan fingerprint density at radius 1 is 0.917 bits per heavy atom. The van der Waals surface area contributed by atoms with Crippen LogP contribution in [0, 0.1) is 5.92 Å². The van der Waals surface area contributed by atoms with Gasteiger partial charge in [-0.25, -0.2) is 13.4 Å². The number of benzene rings is 2. The van der Waals surface area contributed by atoms with Crippen LogP contribution in [-0.2, 0) is 10.0 Å². The SMILES string of the molecule is COc1ccc(S(=O)(=O)N2CCC(C(C)c3nc(OC4CCCCC4)c4ccccc4n3)CC2)cc1. The van der Waals surface area contributed by atoms with Crippen molar-refractivity contribution in [3.05, 3.63) is 54.4 Å². The summed E-state index contributed by atoms with van der Waals surface area (Å²) in [6.07, 6.45) is 7.58. The van der Waals surface area contributed by atoms with Gasteiger partial charge in [-0.05, 0) is 80.8 Å². The van der Waals surface area contributed by atoms with Gasteiger partial charge in [0.15, 0.2) is 0 Å². The molecular weight excluding hydrogens is 474 g/mol. The smallest absolute Gasteiger partial charge is 0.243 e. The van der Waals surface area contributed by atoms with Crippen molar-refractivity contribution in [3.63, 3.8) is 0 Å². The van der Waals surface area contributed by atoms with Crippen molar-refractivity contribution < 1.29 is 17.9 Å². The molecule has 5 rings (SSSR count). The molecule has 192 valence electrons.